The van der Waals surface area contributed by atoms with Crippen molar-refractivity contribution < 1.29 is 34.5 Å². The minimum Gasteiger partial charge on any atom is -0.480 e. The number of hydrogen-bond donors (Lipinski definition) is 8. The summed E-state index contributed by atoms with van der Waals surface area (Å²) < 4.78 is 0. The SMILES string of the molecule is CC(N)C(=O)NC(C(=O)NC(CO)C(=O)NC(Cc1c[nH]c2ccccc12)C(=O)O)C(C)O. The summed E-state index contributed by atoms with van der Waals surface area (Å²) in [5.41, 5.74) is 6.92. The third-order valence-electron chi connectivity index (χ3n) is 5.01. The number of rotatable bonds is 11. The summed E-state index contributed by atoms with van der Waals surface area (Å²) in [5, 5.41) is 36.6. The van der Waals surface area contributed by atoms with E-state index in [-0.39, 0.29) is 6.42 Å². The number of nitrogens with two attached hydrogens (primary N) is 1. The van der Waals surface area contributed by atoms with Gasteiger partial charge in [0, 0.05) is 23.5 Å². The number of nitrogens with one attached hydrogen (secondary N) is 4. The minimum atomic E-state index is -1.52. The topological polar surface area (TPSA) is 207 Å². The Bertz CT molecular complexity index is 1000. The molecule has 12 nitrogen and oxygen atoms in total. The normalized spacial score (nSPS) is 15.7. The van der Waals surface area contributed by atoms with Gasteiger partial charge in [-0.1, -0.05) is 18.2 Å². The molecule has 2 rings (SSSR count). The summed E-state index contributed by atoms with van der Waals surface area (Å²) in [6.07, 6.45) is 0.272. The number of carbonyl (C=O) groups is 4. The monoisotopic (exact) mass is 463 g/mol. The lowest BCUT2D eigenvalue weighted by atomic mass is 10.0. The van der Waals surface area contributed by atoms with E-state index in [4.69, 9.17) is 5.73 Å². The largest absolute Gasteiger partial charge is 0.480 e. The molecule has 180 valence electrons. The van der Waals surface area contributed by atoms with Crippen LogP contribution in [-0.2, 0) is 25.6 Å². The van der Waals surface area contributed by atoms with Gasteiger partial charge in [0.05, 0.1) is 18.8 Å². The second-order valence-electron chi connectivity index (χ2n) is 7.72. The lowest BCUT2D eigenvalue weighted by molar-refractivity contribution is -0.142. The van der Waals surface area contributed by atoms with Gasteiger partial charge in [0.1, 0.15) is 18.1 Å². The van der Waals surface area contributed by atoms with Gasteiger partial charge in [0.15, 0.2) is 0 Å². The number of aromatic nitrogens is 1. The van der Waals surface area contributed by atoms with Crippen molar-refractivity contribution in [1.82, 2.24) is 20.9 Å². The summed E-state index contributed by atoms with van der Waals surface area (Å²) in [4.78, 5) is 51.7. The zero-order valence-corrected chi connectivity index (χ0v) is 18.2. The Kier molecular flexibility index (Phi) is 8.91. The highest BCUT2D eigenvalue weighted by Gasteiger charge is 2.32. The number of H-pyrrole nitrogens is 1. The van der Waals surface area contributed by atoms with Crippen molar-refractivity contribution in [3.63, 3.8) is 0 Å². The van der Waals surface area contributed by atoms with Crippen LogP contribution in [-0.4, -0.2) is 80.9 Å². The molecule has 0 saturated carbocycles. The third kappa shape index (κ3) is 6.75. The molecule has 0 aliphatic rings. The highest BCUT2D eigenvalue weighted by Crippen LogP contribution is 2.19. The first-order valence-corrected chi connectivity index (χ1v) is 10.3. The van der Waals surface area contributed by atoms with Crippen LogP contribution in [0.1, 0.15) is 19.4 Å². The van der Waals surface area contributed by atoms with Crippen molar-refractivity contribution in [3.8, 4) is 0 Å². The Labute approximate surface area is 189 Å². The van der Waals surface area contributed by atoms with Crippen molar-refractivity contribution in [3.05, 3.63) is 36.0 Å². The molecule has 1 aromatic heterocycles. The fourth-order valence-corrected chi connectivity index (χ4v) is 3.14. The fourth-order valence-electron chi connectivity index (χ4n) is 3.14. The first-order chi connectivity index (χ1) is 15.5. The molecule has 0 saturated heterocycles. The molecular weight excluding hydrogens is 434 g/mol. The molecule has 1 aromatic carbocycles. The van der Waals surface area contributed by atoms with Crippen molar-refractivity contribution in [2.75, 3.05) is 6.61 Å². The Morgan fingerprint density at radius 2 is 1.64 bits per heavy atom. The van der Waals surface area contributed by atoms with Crippen LogP contribution < -0.4 is 21.7 Å². The lowest BCUT2D eigenvalue weighted by Gasteiger charge is -2.25. The molecule has 2 aromatic rings. The molecule has 1 heterocycles. The minimum absolute atomic E-state index is 0.0437. The number of aromatic amines is 1. The van der Waals surface area contributed by atoms with Crippen LogP contribution >= 0.6 is 0 Å². The van der Waals surface area contributed by atoms with Gasteiger partial charge in [-0.15, -0.1) is 0 Å². The van der Waals surface area contributed by atoms with Crippen molar-refractivity contribution in [1.29, 1.82) is 0 Å². The van der Waals surface area contributed by atoms with Crippen molar-refractivity contribution in [2.24, 2.45) is 5.73 Å². The molecular formula is C21H29N5O7. The Morgan fingerprint density at radius 3 is 2.21 bits per heavy atom. The molecule has 9 N–H and O–H groups in total. The molecule has 12 heteroatoms. The number of carboxylic acids is 1. The molecule has 5 unspecified atom stereocenters. The molecule has 33 heavy (non-hydrogen) atoms. The van der Waals surface area contributed by atoms with E-state index in [0.29, 0.717) is 5.56 Å². The van der Waals surface area contributed by atoms with Gasteiger partial charge < -0.3 is 42.0 Å². The molecule has 0 spiro atoms. The van der Waals surface area contributed by atoms with Crippen LogP contribution in [0.5, 0.6) is 0 Å². The fraction of sp³-hybridized carbons (Fsp3) is 0.429. The molecule has 0 radical (unpaired) electrons. The molecule has 0 aliphatic heterocycles. The Morgan fingerprint density at radius 1 is 1.00 bits per heavy atom. The maximum absolute atomic E-state index is 12.6. The van der Waals surface area contributed by atoms with Gasteiger partial charge in [0.25, 0.3) is 0 Å². The summed E-state index contributed by atoms with van der Waals surface area (Å²) in [5.74, 6) is -3.90. The number of fused-ring (bicyclic) bond motifs is 1. The zero-order chi connectivity index (χ0) is 24.7. The molecule has 3 amide bonds. The highest BCUT2D eigenvalue weighted by atomic mass is 16.4. The lowest BCUT2D eigenvalue weighted by Crippen LogP contribution is -2.60. The van der Waals surface area contributed by atoms with Gasteiger partial charge in [0.2, 0.25) is 17.7 Å². The van der Waals surface area contributed by atoms with E-state index in [1.807, 2.05) is 18.2 Å². The summed E-state index contributed by atoms with van der Waals surface area (Å²) in [7, 11) is 0. The quantitative estimate of drug-likeness (QED) is 0.186. The van der Waals surface area contributed by atoms with E-state index in [1.165, 1.54) is 13.8 Å². The first kappa shape index (κ1) is 25.8. The zero-order valence-electron chi connectivity index (χ0n) is 18.2. The smallest absolute Gasteiger partial charge is 0.326 e. The van der Waals surface area contributed by atoms with E-state index in [1.54, 1.807) is 12.3 Å². The number of hydrogen-bond acceptors (Lipinski definition) is 7. The Balaban J connectivity index is 2.09. The molecule has 0 aliphatic carbocycles. The average Bonchev–Trinajstić information content (AvgIpc) is 3.17. The maximum Gasteiger partial charge on any atom is 0.326 e. The van der Waals surface area contributed by atoms with Gasteiger partial charge in [-0.3, -0.25) is 14.4 Å². The van der Waals surface area contributed by atoms with Gasteiger partial charge in [-0.25, -0.2) is 4.79 Å². The van der Waals surface area contributed by atoms with E-state index >= 15 is 0 Å². The van der Waals surface area contributed by atoms with Crippen molar-refractivity contribution in [2.45, 2.75) is 50.5 Å². The molecule has 0 fully saturated rings. The first-order valence-electron chi connectivity index (χ1n) is 10.3. The van der Waals surface area contributed by atoms with E-state index < -0.39 is 60.6 Å². The third-order valence-corrected chi connectivity index (χ3v) is 5.01. The van der Waals surface area contributed by atoms with Gasteiger partial charge >= 0.3 is 5.97 Å². The summed E-state index contributed by atoms with van der Waals surface area (Å²) in [6.45, 7) is 1.79. The van der Waals surface area contributed by atoms with Crippen LogP contribution in [0.2, 0.25) is 0 Å². The number of carboxylic acid groups (broad SMARTS) is 1. The predicted octanol–water partition coefficient (Wildman–Crippen LogP) is -2.03. The van der Waals surface area contributed by atoms with Crippen LogP contribution in [0.15, 0.2) is 30.5 Å². The molecule has 5 atom stereocenters. The number of benzene rings is 1. The number of carbonyl (C=O) groups excluding carboxylic acids is 3. The summed E-state index contributed by atoms with van der Waals surface area (Å²) in [6, 6.07) is 2.02. The number of aliphatic hydroxyl groups is 2. The number of aliphatic hydroxyl groups excluding tert-OH is 2. The van der Waals surface area contributed by atoms with Crippen molar-refractivity contribution >= 4 is 34.6 Å². The van der Waals surface area contributed by atoms with Crippen LogP contribution in [0, 0.1) is 0 Å². The number of aliphatic carboxylic acids is 1. The second kappa shape index (κ2) is 11.4. The van der Waals surface area contributed by atoms with Crippen LogP contribution in [0.25, 0.3) is 10.9 Å². The highest BCUT2D eigenvalue weighted by molar-refractivity contribution is 5.94. The summed E-state index contributed by atoms with van der Waals surface area (Å²) >= 11 is 0. The van der Waals surface area contributed by atoms with Crippen LogP contribution in [0.3, 0.4) is 0 Å². The van der Waals surface area contributed by atoms with E-state index in [2.05, 4.69) is 20.9 Å². The van der Waals surface area contributed by atoms with E-state index in [9.17, 15) is 34.5 Å². The van der Waals surface area contributed by atoms with Gasteiger partial charge in [-0.2, -0.15) is 0 Å². The second-order valence-corrected chi connectivity index (χ2v) is 7.72. The molecule has 0 bridgehead atoms. The van der Waals surface area contributed by atoms with Gasteiger partial charge in [-0.05, 0) is 25.5 Å². The van der Waals surface area contributed by atoms with Crippen LogP contribution in [0.4, 0.5) is 0 Å². The Hall–Kier alpha value is -3.48. The number of amides is 3. The maximum atomic E-state index is 12.6. The number of para-hydroxylation sites is 1. The van der Waals surface area contributed by atoms with E-state index in [0.717, 1.165) is 10.9 Å². The average molecular weight is 463 g/mol. The standard InChI is InChI=1S/C21H29N5O7/c1-10(22)18(29)26-17(11(2)28)20(31)25-16(9-27)19(30)24-15(21(32)33)7-12-8-23-14-6-4-3-5-13(12)14/h3-6,8,10-11,15-17,23,27-28H,7,9,22H2,1-2H3,(H,24,30)(H,25,31)(H,26,29)(H,32,33). The predicted molar refractivity (Wildman–Crippen MR) is 118 cm³/mol.